The van der Waals surface area contributed by atoms with Crippen LogP contribution in [0.4, 0.5) is 4.79 Å². The molecule has 1 unspecified atom stereocenters. The number of aromatic amines is 1. The molecule has 1 aliphatic carbocycles. The maximum absolute atomic E-state index is 12.4. The molecule has 3 saturated heterocycles. The van der Waals surface area contributed by atoms with Gasteiger partial charge < -0.3 is 24.6 Å². The summed E-state index contributed by atoms with van der Waals surface area (Å²) < 4.78 is 5.57. The fraction of sp³-hybridized carbons (Fsp3) is 0.639. The second kappa shape index (κ2) is 11.2. The Morgan fingerprint density at radius 1 is 0.978 bits per heavy atom. The van der Waals surface area contributed by atoms with Gasteiger partial charge >= 0.3 is 6.09 Å². The van der Waals surface area contributed by atoms with Crippen molar-refractivity contribution >= 4 is 17.1 Å². The van der Waals surface area contributed by atoms with E-state index in [4.69, 9.17) is 4.74 Å². The molecule has 8 rings (SSSR count). The van der Waals surface area contributed by atoms with Gasteiger partial charge in [0.1, 0.15) is 11.4 Å². The first-order valence-corrected chi connectivity index (χ1v) is 17.4. The van der Waals surface area contributed by atoms with Gasteiger partial charge in [0.15, 0.2) is 5.65 Å². The molecule has 5 aliphatic rings. The van der Waals surface area contributed by atoms with Gasteiger partial charge in [-0.05, 0) is 96.7 Å². The summed E-state index contributed by atoms with van der Waals surface area (Å²) in [5, 5.41) is 20.5. The minimum atomic E-state index is -0.427. The molecule has 1 aromatic carbocycles. The fourth-order valence-electron chi connectivity index (χ4n) is 9.32. The number of hydrogen-bond donors (Lipinski definition) is 2. The number of fused-ring (bicyclic) bond motifs is 3. The van der Waals surface area contributed by atoms with E-state index in [1.807, 2.05) is 43.9 Å². The highest BCUT2D eigenvalue weighted by Crippen LogP contribution is 2.51. The zero-order chi connectivity index (χ0) is 31.8. The summed E-state index contributed by atoms with van der Waals surface area (Å²) >= 11 is 0. The maximum Gasteiger partial charge on any atom is 0.410 e. The molecule has 46 heavy (non-hydrogen) atoms. The van der Waals surface area contributed by atoms with E-state index >= 15 is 0 Å². The van der Waals surface area contributed by atoms with Crippen molar-refractivity contribution in [3.8, 4) is 17.0 Å². The second-order valence-electron chi connectivity index (χ2n) is 15.8. The van der Waals surface area contributed by atoms with E-state index in [9.17, 15) is 9.90 Å². The van der Waals surface area contributed by atoms with Crippen molar-refractivity contribution in [3.63, 3.8) is 0 Å². The first kappa shape index (κ1) is 30.1. The minimum absolute atomic E-state index is 0.153. The monoisotopic (exact) mass is 627 g/mol. The number of rotatable bonds is 4. The van der Waals surface area contributed by atoms with Crippen LogP contribution in [0.2, 0.25) is 0 Å². The molecular weight excluding hydrogens is 578 g/mol. The molecule has 6 heterocycles. The van der Waals surface area contributed by atoms with Gasteiger partial charge in [0.05, 0.1) is 5.69 Å². The lowest BCUT2D eigenvalue weighted by molar-refractivity contribution is -0.112. The number of piperidine rings is 1. The molecule has 1 saturated carbocycles. The lowest BCUT2D eigenvalue weighted by Gasteiger charge is -2.61. The van der Waals surface area contributed by atoms with Gasteiger partial charge in [-0.3, -0.25) is 9.80 Å². The summed E-state index contributed by atoms with van der Waals surface area (Å²) in [5.74, 6) is 0.230. The van der Waals surface area contributed by atoms with E-state index in [0.29, 0.717) is 40.8 Å². The van der Waals surface area contributed by atoms with E-state index in [0.717, 1.165) is 43.6 Å². The van der Waals surface area contributed by atoms with Crippen molar-refractivity contribution in [1.29, 1.82) is 0 Å². The van der Waals surface area contributed by atoms with Crippen LogP contribution >= 0.6 is 0 Å². The Labute approximate surface area is 272 Å². The van der Waals surface area contributed by atoms with Gasteiger partial charge in [0.25, 0.3) is 0 Å². The molecule has 10 nitrogen and oxygen atoms in total. The van der Waals surface area contributed by atoms with Crippen LogP contribution in [0.25, 0.3) is 22.3 Å². The number of aromatic nitrogens is 3. The number of benzene rings is 1. The number of nitrogens with zero attached hydrogens (tertiary/aromatic N) is 6. The van der Waals surface area contributed by atoms with Crippen molar-refractivity contribution in [1.82, 2.24) is 34.8 Å². The van der Waals surface area contributed by atoms with E-state index < -0.39 is 5.60 Å². The van der Waals surface area contributed by atoms with E-state index in [1.165, 1.54) is 63.0 Å². The zero-order valence-corrected chi connectivity index (χ0v) is 27.8. The Morgan fingerprint density at radius 2 is 1.70 bits per heavy atom. The van der Waals surface area contributed by atoms with E-state index in [1.54, 1.807) is 6.07 Å². The largest absolute Gasteiger partial charge is 0.507 e. The predicted octanol–water partition coefficient (Wildman–Crippen LogP) is 5.19. The summed E-state index contributed by atoms with van der Waals surface area (Å²) in [6.45, 7) is 15.7. The molecule has 2 atom stereocenters. The molecule has 10 heteroatoms. The number of nitrogens with one attached hydrogen (secondary N) is 1. The zero-order valence-electron chi connectivity index (χ0n) is 27.8. The van der Waals surface area contributed by atoms with Crippen LogP contribution in [0.15, 0.2) is 30.3 Å². The number of phenols is 1. The molecule has 4 fully saturated rings. The van der Waals surface area contributed by atoms with Crippen LogP contribution < -0.4 is 0 Å². The Balaban J connectivity index is 0.850. The van der Waals surface area contributed by atoms with Crippen LogP contribution in [-0.4, -0.2) is 116 Å². The average Bonchev–Trinajstić information content (AvgIpc) is 3.61. The summed E-state index contributed by atoms with van der Waals surface area (Å²) in [5.41, 5.74) is 4.81. The van der Waals surface area contributed by atoms with Crippen molar-refractivity contribution in [3.05, 3.63) is 41.6 Å². The van der Waals surface area contributed by atoms with E-state index in [-0.39, 0.29) is 11.8 Å². The van der Waals surface area contributed by atoms with Crippen LogP contribution in [0, 0.1) is 5.41 Å². The van der Waals surface area contributed by atoms with E-state index in [2.05, 4.69) is 42.9 Å². The number of carbonyl (C=O) groups is 1. The molecular formula is C36H49N7O3. The molecule has 4 aliphatic heterocycles. The van der Waals surface area contributed by atoms with Crippen molar-refractivity contribution in [2.24, 2.45) is 5.41 Å². The number of amides is 1. The van der Waals surface area contributed by atoms with Crippen LogP contribution in [0.5, 0.6) is 5.75 Å². The number of hydrogen-bond acceptors (Lipinski definition) is 8. The molecule has 2 aromatic heterocycles. The van der Waals surface area contributed by atoms with Gasteiger partial charge in [0.2, 0.25) is 0 Å². The number of para-hydroxylation sites is 1. The number of phenolic OH excluding ortho intramolecular Hbond substituents is 1. The second-order valence-corrected chi connectivity index (χ2v) is 15.8. The van der Waals surface area contributed by atoms with Gasteiger partial charge in [-0.2, -0.15) is 0 Å². The topological polar surface area (TPSA) is 101 Å². The number of likely N-dealkylation sites (tertiary alicyclic amines) is 3. The molecule has 1 spiro atoms. The third-order valence-corrected chi connectivity index (χ3v) is 11.6. The van der Waals surface area contributed by atoms with Crippen LogP contribution in [0.3, 0.4) is 0 Å². The highest BCUT2D eigenvalue weighted by atomic mass is 16.6. The molecule has 3 aromatic rings. The standard InChI is InChI=1S/C36H49N7O3/c1-23-32-28-17-30(27-7-5-6-8-31(27)44)38-39-33(28)37-29(32)12-16-43(23)25-11-15-41(20-25)24-9-13-40(14-10-24)26-18-36(19-26)21-42(22-36)34(45)46-35(2,3)4/h5-8,17,23-26,44H,9-16,18-22H2,1-4H3,(H,37,39)/t23-,25?/m1/s1. The first-order valence-electron chi connectivity index (χ1n) is 17.4. The van der Waals surface area contributed by atoms with Gasteiger partial charge in [-0.25, -0.2) is 4.79 Å². The third-order valence-electron chi connectivity index (χ3n) is 11.6. The van der Waals surface area contributed by atoms with Crippen molar-refractivity contribution in [2.75, 3.05) is 45.8 Å². The smallest absolute Gasteiger partial charge is 0.410 e. The Kier molecular flexibility index (Phi) is 7.34. The van der Waals surface area contributed by atoms with Gasteiger partial charge in [0, 0.05) is 85.4 Å². The summed E-state index contributed by atoms with van der Waals surface area (Å²) in [6.07, 6.45) is 7.04. The first-order chi connectivity index (χ1) is 22.1. The Hall–Kier alpha value is -3.21. The lowest BCUT2D eigenvalue weighted by atomic mass is 9.60. The summed E-state index contributed by atoms with van der Waals surface area (Å²) in [4.78, 5) is 26.1. The SMILES string of the molecule is C[C@@H]1c2c([nH]c3nnc(-c4ccccc4O)cc23)CCN1C1CCN(C2CCN(C3CC4(C3)CN(C(=O)OC(C)(C)C)C4)CC2)C1. The summed E-state index contributed by atoms with van der Waals surface area (Å²) in [7, 11) is 0. The number of carbonyl (C=O) groups excluding carboxylic acids is 1. The number of H-pyrrole nitrogens is 1. The highest BCUT2D eigenvalue weighted by Gasteiger charge is 2.56. The van der Waals surface area contributed by atoms with Gasteiger partial charge in [-0.1, -0.05) is 12.1 Å². The van der Waals surface area contributed by atoms with Crippen LogP contribution in [-0.2, 0) is 11.2 Å². The lowest BCUT2D eigenvalue weighted by Crippen LogP contribution is -2.68. The van der Waals surface area contributed by atoms with Crippen LogP contribution in [0.1, 0.15) is 77.1 Å². The highest BCUT2D eigenvalue weighted by molar-refractivity contribution is 5.86. The molecule has 1 amide bonds. The normalized spacial score (nSPS) is 26.3. The Morgan fingerprint density at radius 3 is 2.43 bits per heavy atom. The molecule has 0 bridgehead atoms. The fourth-order valence-corrected chi connectivity index (χ4v) is 9.32. The quantitative estimate of drug-likeness (QED) is 0.408. The third kappa shape index (κ3) is 5.36. The minimum Gasteiger partial charge on any atom is -0.507 e. The molecule has 246 valence electrons. The number of ether oxygens (including phenoxy) is 1. The van der Waals surface area contributed by atoms with Crippen molar-refractivity contribution in [2.45, 2.75) is 96.0 Å². The Bertz CT molecular complexity index is 1610. The maximum atomic E-state index is 12.4. The molecule has 0 radical (unpaired) electrons. The van der Waals surface area contributed by atoms with Gasteiger partial charge in [-0.15, -0.1) is 10.2 Å². The van der Waals surface area contributed by atoms with Crippen molar-refractivity contribution < 1.29 is 14.6 Å². The molecule has 2 N–H and O–H groups in total. The number of aromatic hydroxyl groups is 1. The predicted molar refractivity (Wildman–Crippen MR) is 178 cm³/mol. The summed E-state index contributed by atoms with van der Waals surface area (Å²) in [6, 6.07) is 11.7. The average molecular weight is 628 g/mol.